The van der Waals surface area contributed by atoms with E-state index in [1.807, 2.05) is 62.5 Å². The van der Waals surface area contributed by atoms with Gasteiger partial charge in [-0.25, -0.2) is 9.97 Å². The van der Waals surface area contributed by atoms with Gasteiger partial charge in [0.15, 0.2) is 0 Å². The zero-order valence-electron chi connectivity index (χ0n) is 27.1. The number of carboxylic acid groups (broad SMARTS) is 1. The highest BCUT2D eigenvalue weighted by Gasteiger charge is 2.32. The molecule has 0 saturated heterocycles. The van der Waals surface area contributed by atoms with Gasteiger partial charge >= 0.3 is 5.97 Å². The Kier molecular flexibility index (Phi) is 8.18. The van der Waals surface area contributed by atoms with Gasteiger partial charge < -0.3 is 24.1 Å². The van der Waals surface area contributed by atoms with E-state index in [0.29, 0.717) is 31.4 Å². The molecule has 8 heteroatoms. The van der Waals surface area contributed by atoms with Crippen LogP contribution in [0.5, 0.6) is 11.6 Å². The molecular formula is C39H40N4O4. The topological polar surface area (TPSA) is 102 Å². The number of hydrogen-bond donors (Lipinski definition) is 2. The number of hydrogen-bond acceptors (Lipinski definition) is 5. The number of aliphatic carboxylic acids is 1. The minimum atomic E-state index is -0.924. The van der Waals surface area contributed by atoms with Crippen LogP contribution in [0.15, 0.2) is 85.1 Å². The fraction of sp³-hybridized carbons (Fsp3) is 0.308. The van der Waals surface area contributed by atoms with Gasteiger partial charge in [0.25, 0.3) is 0 Å². The summed E-state index contributed by atoms with van der Waals surface area (Å²) in [6.45, 7) is 4.61. The molecule has 3 aromatic heterocycles. The van der Waals surface area contributed by atoms with Crippen LogP contribution >= 0.6 is 0 Å². The minimum absolute atomic E-state index is 0.327. The number of benzene rings is 3. The third-order valence-electron chi connectivity index (χ3n) is 9.55. The Hall–Kier alpha value is -5.11. The van der Waals surface area contributed by atoms with E-state index >= 15 is 0 Å². The molecule has 240 valence electrons. The number of ether oxygens (including phenoxy) is 2. The van der Waals surface area contributed by atoms with Crippen molar-refractivity contribution in [2.75, 3.05) is 7.11 Å². The maximum Gasteiger partial charge on any atom is 0.309 e. The molecule has 7 rings (SSSR count). The first kappa shape index (κ1) is 30.5. The first-order valence-corrected chi connectivity index (χ1v) is 16.3. The molecule has 1 fully saturated rings. The third kappa shape index (κ3) is 6.32. The lowest BCUT2D eigenvalue weighted by Crippen LogP contribution is -2.28. The van der Waals surface area contributed by atoms with E-state index in [4.69, 9.17) is 9.47 Å². The van der Waals surface area contributed by atoms with Crippen molar-refractivity contribution in [1.82, 2.24) is 19.5 Å². The summed E-state index contributed by atoms with van der Waals surface area (Å²) in [4.78, 5) is 24.8. The largest absolute Gasteiger partial charge is 0.486 e. The highest BCUT2D eigenvalue weighted by Crippen LogP contribution is 2.39. The van der Waals surface area contributed by atoms with Crippen molar-refractivity contribution in [1.29, 1.82) is 0 Å². The van der Waals surface area contributed by atoms with Crippen LogP contribution in [-0.4, -0.2) is 37.7 Å². The summed E-state index contributed by atoms with van der Waals surface area (Å²) in [5, 5.41) is 11.3. The molecule has 0 amide bonds. The van der Waals surface area contributed by atoms with Crippen molar-refractivity contribution in [3.8, 4) is 22.8 Å². The molecule has 0 aliphatic heterocycles. The van der Waals surface area contributed by atoms with E-state index in [-0.39, 0.29) is 0 Å². The average Bonchev–Trinajstić information content (AvgIpc) is 3.60. The maximum absolute atomic E-state index is 12.4. The van der Waals surface area contributed by atoms with Crippen molar-refractivity contribution < 1.29 is 19.4 Å². The number of aromatic nitrogens is 4. The van der Waals surface area contributed by atoms with E-state index in [9.17, 15) is 9.90 Å². The molecule has 8 nitrogen and oxygen atoms in total. The van der Waals surface area contributed by atoms with Gasteiger partial charge in [0, 0.05) is 47.4 Å². The van der Waals surface area contributed by atoms with Crippen molar-refractivity contribution >= 4 is 27.9 Å². The molecule has 0 radical (unpaired) electrons. The highest BCUT2D eigenvalue weighted by molar-refractivity contribution is 5.88. The van der Waals surface area contributed by atoms with E-state index in [1.165, 1.54) is 24.8 Å². The molecule has 3 aromatic carbocycles. The van der Waals surface area contributed by atoms with Crippen LogP contribution in [0.1, 0.15) is 55.8 Å². The second kappa shape index (κ2) is 12.6. The monoisotopic (exact) mass is 628 g/mol. The van der Waals surface area contributed by atoms with Crippen molar-refractivity contribution in [3.05, 3.63) is 108 Å². The SMILES string of the molecule is COc1ccc(-c2ccc(Cn3c(CC(C)(C)C(=O)O)c(CC4CCC4)c4cc(OCc5nc6ccccc6[nH]5)ccc43)cc2)cn1. The lowest BCUT2D eigenvalue weighted by molar-refractivity contribution is -0.146. The van der Waals surface area contributed by atoms with Gasteiger partial charge in [0.05, 0.1) is 23.6 Å². The second-order valence-electron chi connectivity index (χ2n) is 13.3. The van der Waals surface area contributed by atoms with Crippen LogP contribution in [0.2, 0.25) is 0 Å². The summed E-state index contributed by atoms with van der Waals surface area (Å²) < 4.78 is 13.8. The van der Waals surface area contributed by atoms with Gasteiger partial charge in [0.2, 0.25) is 5.88 Å². The highest BCUT2D eigenvalue weighted by atomic mass is 16.5. The van der Waals surface area contributed by atoms with E-state index in [0.717, 1.165) is 62.3 Å². The first-order valence-electron chi connectivity index (χ1n) is 16.3. The van der Waals surface area contributed by atoms with Crippen LogP contribution in [0.4, 0.5) is 0 Å². The number of H-pyrrole nitrogens is 1. The van der Waals surface area contributed by atoms with Gasteiger partial charge in [-0.2, -0.15) is 0 Å². The second-order valence-corrected chi connectivity index (χ2v) is 13.3. The van der Waals surface area contributed by atoms with Crippen LogP contribution in [0, 0.1) is 11.3 Å². The van der Waals surface area contributed by atoms with Crippen LogP contribution in [-0.2, 0) is 30.8 Å². The molecule has 1 saturated carbocycles. The predicted molar refractivity (Wildman–Crippen MR) is 184 cm³/mol. The molecule has 6 aromatic rings. The molecule has 1 aliphatic carbocycles. The molecule has 0 unspecified atom stereocenters. The summed E-state index contributed by atoms with van der Waals surface area (Å²) in [5.74, 6) is 1.94. The number of aromatic amines is 1. The third-order valence-corrected chi connectivity index (χ3v) is 9.55. The zero-order valence-corrected chi connectivity index (χ0v) is 27.1. The standard InChI is InChI=1S/C39H40N4O4/c1-39(2,38(44)45)21-35-30(19-25-7-6-8-25)31-20-29(47-24-36-41-32-9-4-5-10-33(32)42-36)16-17-34(31)43(35)23-26-11-13-27(14-12-26)28-15-18-37(46-3)40-22-28/h4-5,9-18,20,22,25H,6-8,19,21,23-24H2,1-3H3,(H,41,42)(H,44,45). The van der Waals surface area contributed by atoms with Crippen molar-refractivity contribution in [2.24, 2.45) is 11.3 Å². The maximum atomic E-state index is 12.4. The summed E-state index contributed by atoms with van der Waals surface area (Å²) in [7, 11) is 1.61. The lowest BCUT2D eigenvalue weighted by atomic mass is 9.79. The molecule has 1 aliphatic rings. The van der Waals surface area contributed by atoms with Crippen molar-refractivity contribution in [3.63, 3.8) is 0 Å². The molecule has 0 spiro atoms. The van der Waals surface area contributed by atoms with E-state index in [2.05, 4.69) is 55.9 Å². The number of nitrogens with one attached hydrogen (secondary N) is 1. The summed E-state index contributed by atoms with van der Waals surface area (Å²) in [6.07, 6.45) is 6.85. The predicted octanol–water partition coefficient (Wildman–Crippen LogP) is 8.21. The smallest absolute Gasteiger partial charge is 0.309 e. The number of para-hydroxylation sites is 2. The zero-order chi connectivity index (χ0) is 32.5. The number of carbonyl (C=O) groups is 1. The number of pyridine rings is 1. The number of methoxy groups -OCH3 is 1. The molecule has 47 heavy (non-hydrogen) atoms. The molecular weight excluding hydrogens is 588 g/mol. The van der Waals surface area contributed by atoms with Crippen LogP contribution in [0.25, 0.3) is 33.1 Å². The Labute approximate surface area is 274 Å². The first-order chi connectivity index (χ1) is 22.8. The quantitative estimate of drug-likeness (QED) is 0.142. The van der Waals surface area contributed by atoms with Gasteiger partial charge in [-0.3, -0.25) is 4.79 Å². The Bertz CT molecular complexity index is 2000. The average molecular weight is 629 g/mol. The minimum Gasteiger partial charge on any atom is -0.486 e. The summed E-state index contributed by atoms with van der Waals surface area (Å²) in [6, 6.07) is 26.6. The van der Waals surface area contributed by atoms with Gasteiger partial charge in [-0.05, 0) is 79.3 Å². The Morgan fingerprint density at radius 3 is 2.49 bits per heavy atom. The van der Waals surface area contributed by atoms with E-state index in [1.54, 1.807) is 7.11 Å². The van der Waals surface area contributed by atoms with Crippen molar-refractivity contribution in [2.45, 2.75) is 59.1 Å². The molecule has 0 atom stereocenters. The number of fused-ring (bicyclic) bond motifs is 2. The number of imidazole rings is 1. The Balaban J connectivity index is 1.25. The molecule has 3 heterocycles. The summed E-state index contributed by atoms with van der Waals surface area (Å²) >= 11 is 0. The number of rotatable bonds is 12. The van der Waals surface area contributed by atoms with Gasteiger partial charge in [-0.1, -0.05) is 55.7 Å². The van der Waals surface area contributed by atoms with E-state index < -0.39 is 11.4 Å². The molecule has 2 N–H and O–H groups in total. The van der Waals surface area contributed by atoms with Gasteiger partial charge in [0.1, 0.15) is 18.2 Å². The summed E-state index contributed by atoms with van der Waals surface area (Å²) in [5.41, 5.74) is 7.65. The lowest BCUT2D eigenvalue weighted by Gasteiger charge is -2.27. The fourth-order valence-electron chi connectivity index (χ4n) is 6.52. The fourth-order valence-corrected chi connectivity index (χ4v) is 6.52. The number of carboxylic acids is 1. The van der Waals surface area contributed by atoms with Crippen LogP contribution in [0.3, 0.4) is 0 Å². The number of nitrogens with zero attached hydrogens (tertiary/aromatic N) is 3. The molecule has 0 bridgehead atoms. The van der Waals surface area contributed by atoms with Gasteiger partial charge in [-0.15, -0.1) is 0 Å². The Morgan fingerprint density at radius 2 is 1.81 bits per heavy atom. The normalized spacial score (nSPS) is 13.6. The Morgan fingerprint density at radius 1 is 1.02 bits per heavy atom. The van der Waals surface area contributed by atoms with Crippen LogP contribution < -0.4 is 9.47 Å².